The van der Waals surface area contributed by atoms with Gasteiger partial charge in [0.2, 0.25) is 5.91 Å². The number of furan rings is 1. The maximum absolute atomic E-state index is 12.6. The Morgan fingerprint density at radius 3 is 2.81 bits per heavy atom. The first kappa shape index (κ1) is 19.2. The molecule has 2 aromatic rings. The molecule has 6 nitrogen and oxygen atoms in total. The fourth-order valence-corrected chi connectivity index (χ4v) is 3.22. The zero-order valence-electron chi connectivity index (χ0n) is 15.8. The molecule has 2 amide bonds. The summed E-state index contributed by atoms with van der Waals surface area (Å²) in [7, 11) is 0. The summed E-state index contributed by atoms with van der Waals surface area (Å²) in [5.74, 6) is -0.0886. The van der Waals surface area contributed by atoms with Crippen LogP contribution in [-0.2, 0) is 22.7 Å². The molecule has 3 rings (SSSR count). The van der Waals surface area contributed by atoms with Crippen molar-refractivity contribution in [3.63, 3.8) is 0 Å². The van der Waals surface area contributed by atoms with Crippen molar-refractivity contribution in [2.75, 3.05) is 6.54 Å². The van der Waals surface area contributed by atoms with Crippen molar-refractivity contribution in [2.24, 2.45) is 0 Å². The number of benzene rings is 1. The van der Waals surface area contributed by atoms with Crippen LogP contribution in [-0.4, -0.2) is 35.4 Å². The molecule has 144 valence electrons. The Kier molecular flexibility index (Phi) is 6.29. The lowest BCUT2D eigenvalue weighted by Crippen LogP contribution is -2.45. The molecule has 6 heteroatoms. The maximum Gasteiger partial charge on any atom is 0.290 e. The monoisotopic (exact) mass is 370 g/mol. The third-order valence-corrected chi connectivity index (χ3v) is 4.59. The number of rotatable bonds is 7. The van der Waals surface area contributed by atoms with E-state index in [1.807, 2.05) is 38.1 Å². The van der Waals surface area contributed by atoms with Crippen molar-refractivity contribution >= 4 is 11.8 Å². The van der Waals surface area contributed by atoms with Gasteiger partial charge in [0, 0.05) is 13.1 Å². The number of ether oxygens (including phenoxy) is 1. The first-order valence-corrected chi connectivity index (χ1v) is 9.36. The van der Waals surface area contributed by atoms with E-state index in [-0.39, 0.29) is 23.7 Å². The van der Waals surface area contributed by atoms with E-state index < -0.39 is 6.04 Å². The second-order valence-corrected chi connectivity index (χ2v) is 7.03. The third kappa shape index (κ3) is 4.98. The Hall–Kier alpha value is -2.60. The highest BCUT2D eigenvalue weighted by atomic mass is 16.5. The number of likely N-dealkylation sites (tertiary alicyclic amines) is 1. The first-order valence-electron chi connectivity index (χ1n) is 9.36. The average molecular weight is 370 g/mol. The van der Waals surface area contributed by atoms with Gasteiger partial charge in [-0.15, -0.1) is 0 Å². The predicted molar refractivity (Wildman–Crippen MR) is 101 cm³/mol. The number of nitrogens with one attached hydrogen (secondary N) is 1. The lowest BCUT2D eigenvalue weighted by Gasteiger charge is -2.23. The van der Waals surface area contributed by atoms with Gasteiger partial charge in [-0.3, -0.25) is 9.59 Å². The zero-order valence-corrected chi connectivity index (χ0v) is 15.8. The maximum atomic E-state index is 12.6. The SMILES string of the molecule is CC(C)OCc1cccc(CNC(=O)[C@H]2CCCN2C(=O)c2ccco2)c1. The Labute approximate surface area is 159 Å². The largest absolute Gasteiger partial charge is 0.459 e. The zero-order chi connectivity index (χ0) is 19.2. The number of hydrogen-bond donors (Lipinski definition) is 1. The minimum absolute atomic E-state index is 0.128. The Morgan fingerprint density at radius 2 is 2.07 bits per heavy atom. The summed E-state index contributed by atoms with van der Waals surface area (Å²) in [5, 5.41) is 2.96. The molecule has 27 heavy (non-hydrogen) atoms. The number of carbonyl (C=O) groups is 2. The highest BCUT2D eigenvalue weighted by molar-refractivity contribution is 5.95. The molecule has 0 spiro atoms. The minimum Gasteiger partial charge on any atom is -0.459 e. The van der Waals surface area contributed by atoms with Crippen LogP contribution in [0.25, 0.3) is 0 Å². The summed E-state index contributed by atoms with van der Waals surface area (Å²) in [6.45, 7) is 5.55. The summed E-state index contributed by atoms with van der Waals surface area (Å²) in [6, 6.07) is 10.8. The molecule has 0 radical (unpaired) electrons. The van der Waals surface area contributed by atoms with E-state index in [1.165, 1.54) is 6.26 Å². The number of hydrogen-bond acceptors (Lipinski definition) is 4. The lowest BCUT2D eigenvalue weighted by molar-refractivity contribution is -0.125. The molecule has 1 aliphatic heterocycles. The molecule has 0 saturated carbocycles. The van der Waals surface area contributed by atoms with Gasteiger partial charge in [0.1, 0.15) is 6.04 Å². The fraction of sp³-hybridized carbons (Fsp3) is 0.429. The fourth-order valence-electron chi connectivity index (χ4n) is 3.22. The molecule has 2 heterocycles. The van der Waals surface area contributed by atoms with Crippen LogP contribution in [0.1, 0.15) is 48.4 Å². The quantitative estimate of drug-likeness (QED) is 0.813. The van der Waals surface area contributed by atoms with Gasteiger partial charge < -0.3 is 19.4 Å². The van der Waals surface area contributed by atoms with Gasteiger partial charge >= 0.3 is 0 Å². The summed E-state index contributed by atoms with van der Waals surface area (Å²) in [6.07, 6.45) is 3.12. The van der Waals surface area contributed by atoms with E-state index in [1.54, 1.807) is 17.0 Å². The topological polar surface area (TPSA) is 71.8 Å². The van der Waals surface area contributed by atoms with Gasteiger partial charge in [-0.25, -0.2) is 0 Å². The Balaban J connectivity index is 1.57. The molecule has 1 N–H and O–H groups in total. The lowest BCUT2D eigenvalue weighted by atomic mass is 10.1. The standard InChI is InChI=1S/C21H26N2O4/c1-15(2)27-14-17-7-3-6-16(12-17)13-22-20(24)18-8-4-10-23(18)21(25)19-9-5-11-26-19/h3,5-7,9,11-12,15,18H,4,8,10,13-14H2,1-2H3,(H,22,24)/t18-/m1/s1. The summed E-state index contributed by atoms with van der Waals surface area (Å²) in [5.41, 5.74) is 2.08. The summed E-state index contributed by atoms with van der Waals surface area (Å²) >= 11 is 0. The second-order valence-electron chi connectivity index (χ2n) is 7.03. The van der Waals surface area contributed by atoms with Crippen LogP contribution < -0.4 is 5.32 Å². The molecule has 1 aromatic carbocycles. The van der Waals surface area contributed by atoms with Crippen molar-refractivity contribution in [3.05, 3.63) is 59.5 Å². The molecule has 1 atom stereocenters. The Morgan fingerprint density at radius 1 is 1.26 bits per heavy atom. The Bertz CT molecular complexity index is 770. The molecular weight excluding hydrogens is 344 g/mol. The third-order valence-electron chi connectivity index (χ3n) is 4.59. The van der Waals surface area contributed by atoms with Crippen LogP contribution in [0.2, 0.25) is 0 Å². The van der Waals surface area contributed by atoms with Gasteiger partial charge in [-0.2, -0.15) is 0 Å². The van der Waals surface area contributed by atoms with Crippen molar-refractivity contribution in [1.82, 2.24) is 10.2 Å². The number of amides is 2. The van der Waals surface area contributed by atoms with E-state index >= 15 is 0 Å². The van der Waals surface area contributed by atoms with Crippen LogP contribution in [0.4, 0.5) is 0 Å². The molecule has 1 fully saturated rings. The minimum atomic E-state index is -0.449. The van der Waals surface area contributed by atoms with E-state index in [2.05, 4.69) is 5.32 Å². The first-order chi connectivity index (χ1) is 13.0. The van der Waals surface area contributed by atoms with Gasteiger partial charge in [0.25, 0.3) is 5.91 Å². The number of nitrogens with zero attached hydrogens (tertiary/aromatic N) is 1. The molecule has 1 aromatic heterocycles. The summed E-state index contributed by atoms with van der Waals surface area (Å²) in [4.78, 5) is 26.7. The van der Waals surface area contributed by atoms with Gasteiger partial charge in [-0.05, 0) is 49.9 Å². The highest BCUT2D eigenvalue weighted by Crippen LogP contribution is 2.21. The van der Waals surface area contributed by atoms with E-state index in [0.29, 0.717) is 26.1 Å². The van der Waals surface area contributed by atoms with Crippen molar-refractivity contribution in [3.8, 4) is 0 Å². The van der Waals surface area contributed by atoms with Gasteiger partial charge in [0.15, 0.2) is 5.76 Å². The van der Waals surface area contributed by atoms with Crippen LogP contribution in [0, 0.1) is 0 Å². The van der Waals surface area contributed by atoms with Crippen molar-refractivity contribution in [1.29, 1.82) is 0 Å². The smallest absolute Gasteiger partial charge is 0.290 e. The molecule has 1 saturated heterocycles. The predicted octanol–water partition coefficient (Wildman–Crippen LogP) is 3.13. The highest BCUT2D eigenvalue weighted by Gasteiger charge is 2.35. The van der Waals surface area contributed by atoms with E-state index in [9.17, 15) is 9.59 Å². The molecule has 1 aliphatic rings. The van der Waals surface area contributed by atoms with E-state index in [4.69, 9.17) is 9.15 Å². The molecule has 0 aliphatic carbocycles. The second kappa shape index (κ2) is 8.86. The van der Waals surface area contributed by atoms with Crippen molar-refractivity contribution < 1.29 is 18.7 Å². The van der Waals surface area contributed by atoms with Crippen molar-refractivity contribution in [2.45, 2.75) is 52.0 Å². The summed E-state index contributed by atoms with van der Waals surface area (Å²) < 4.78 is 10.8. The molecule has 0 bridgehead atoms. The normalized spacial score (nSPS) is 16.7. The van der Waals surface area contributed by atoms with Crippen LogP contribution in [0.15, 0.2) is 47.1 Å². The van der Waals surface area contributed by atoms with Gasteiger partial charge in [-0.1, -0.05) is 24.3 Å². The molecule has 0 unspecified atom stereocenters. The molecular formula is C21H26N2O4. The number of carbonyl (C=O) groups excluding carboxylic acids is 2. The average Bonchev–Trinajstić information content (AvgIpc) is 3.36. The van der Waals surface area contributed by atoms with Crippen LogP contribution in [0.5, 0.6) is 0 Å². The van der Waals surface area contributed by atoms with Gasteiger partial charge in [0.05, 0.1) is 19.0 Å². The van der Waals surface area contributed by atoms with Crippen LogP contribution >= 0.6 is 0 Å². The van der Waals surface area contributed by atoms with Crippen LogP contribution in [0.3, 0.4) is 0 Å². The van der Waals surface area contributed by atoms with E-state index in [0.717, 1.165) is 17.5 Å².